The largest absolute Gasteiger partial charge is 0.308 e. The van der Waals surface area contributed by atoms with Crippen molar-refractivity contribution < 1.29 is 0 Å². The smallest absolute Gasteiger partial charge is 0.205 e. The van der Waals surface area contributed by atoms with E-state index >= 15 is 0 Å². The van der Waals surface area contributed by atoms with E-state index in [0.29, 0.717) is 12.4 Å². The molecule has 0 radical (unpaired) electrons. The van der Waals surface area contributed by atoms with Crippen molar-refractivity contribution in [1.82, 2.24) is 35.2 Å². The van der Waals surface area contributed by atoms with Gasteiger partial charge in [0.2, 0.25) is 5.82 Å². The lowest BCUT2D eigenvalue weighted by atomic mass is 9.97. The predicted molar refractivity (Wildman–Crippen MR) is 125 cm³/mol. The molecule has 160 valence electrons. The fourth-order valence-electron chi connectivity index (χ4n) is 4.23. The molecule has 1 N–H and O–H groups in total. The SMILES string of the molecule is CCCc1nc2c(C)cc(C)nc2n1Cc1ccc(-c2ccccc2)c(-c2nn[nH]n2)c1. The molecular formula is C25H25N7. The highest BCUT2D eigenvalue weighted by Gasteiger charge is 2.17. The van der Waals surface area contributed by atoms with Crippen molar-refractivity contribution >= 4 is 11.2 Å². The molecule has 0 spiro atoms. The van der Waals surface area contributed by atoms with Crippen molar-refractivity contribution in [1.29, 1.82) is 0 Å². The molecule has 32 heavy (non-hydrogen) atoms. The van der Waals surface area contributed by atoms with Gasteiger partial charge in [-0.2, -0.15) is 5.21 Å². The number of tetrazole rings is 1. The first-order chi connectivity index (χ1) is 15.6. The number of nitrogens with zero attached hydrogens (tertiary/aromatic N) is 6. The van der Waals surface area contributed by atoms with Gasteiger partial charge < -0.3 is 4.57 Å². The van der Waals surface area contributed by atoms with E-state index in [4.69, 9.17) is 9.97 Å². The Kier molecular flexibility index (Phi) is 5.23. The second-order valence-corrected chi connectivity index (χ2v) is 8.10. The number of rotatable bonds is 6. The Morgan fingerprint density at radius 2 is 1.78 bits per heavy atom. The first kappa shape index (κ1) is 20.1. The van der Waals surface area contributed by atoms with Gasteiger partial charge in [0, 0.05) is 17.7 Å². The number of nitrogens with one attached hydrogen (secondary N) is 1. The van der Waals surface area contributed by atoms with E-state index in [9.17, 15) is 0 Å². The van der Waals surface area contributed by atoms with Gasteiger partial charge in [0.15, 0.2) is 5.65 Å². The zero-order valence-corrected chi connectivity index (χ0v) is 18.5. The zero-order chi connectivity index (χ0) is 22.1. The first-order valence-electron chi connectivity index (χ1n) is 10.9. The lowest BCUT2D eigenvalue weighted by Gasteiger charge is -2.13. The van der Waals surface area contributed by atoms with E-state index in [1.807, 2.05) is 25.1 Å². The summed E-state index contributed by atoms with van der Waals surface area (Å²) in [7, 11) is 0. The van der Waals surface area contributed by atoms with Crippen molar-refractivity contribution in [2.45, 2.75) is 40.2 Å². The van der Waals surface area contributed by atoms with E-state index in [2.05, 4.69) is 75.4 Å². The van der Waals surface area contributed by atoms with Crippen molar-refractivity contribution in [3.63, 3.8) is 0 Å². The fourth-order valence-corrected chi connectivity index (χ4v) is 4.23. The van der Waals surface area contributed by atoms with E-state index < -0.39 is 0 Å². The molecule has 0 unspecified atom stereocenters. The Bertz CT molecular complexity index is 1370. The van der Waals surface area contributed by atoms with Crippen LogP contribution in [0.5, 0.6) is 0 Å². The first-order valence-corrected chi connectivity index (χ1v) is 10.9. The van der Waals surface area contributed by atoms with Crippen LogP contribution in [-0.2, 0) is 13.0 Å². The molecule has 0 fully saturated rings. The number of aromatic nitrogens is 7. The van der Waals surface area contributed by atoms with Crippen molar-refractivity contribution in [3.8, 4) is 22.5 Å². The second-order valence-electron chi connectivity index (χ2n) is 8.10. The van der Waals surface area contributed by atoms with Gasteiger partial charge in [0.25, 0.3) is 0 Å². The highest BCUT2D eigenvalue weighted by molar-refractivity contribution is 5.81. The standard InChI is InChI=1S/C25H25N7/c1-4-8-22-27-23-16(2)13-17(3)26-25(23)32(22)15-18-11-12-20(19-9-6-5-7-10-19)21(14-18)24-28-30-31-29-24/h5-7,9-14H,4,8,15H2,1-3H3,(H,28,29,30,31). The summed E-state index contributed by atoms with van der Waals surface area (Å²) >= 11 is 0. The van der Waals surface area contributed by atoms with Crippen LogP contribution >= 0.6 is 0 Å². The molecule has 3 heterocycles. The monoisotopic (exact) mass is 423 g/mol. The van der Waals surface area contributed by atoms with Crippen LogP contribution in [0, 0.1) is 13.8 Å². The van der Waals surface area contributed by atoms with Crippen LogP contribution in [0.4, 0.5) is 0 Å². The van der Waals surface area contributed by atoms with Crippen LogP contribution in [0.3, 0.4) is 0 Å². The predicted octanol–water partition coefficient (Wildman–Crippen LogP) is 4.90. The van der Waals surface area contributed by atoms with Gasteiger partial charge in [-0.15, -0.1) is 10.2 Å². The molecule has 5 aromatic rings. The molecule has 0 aliphatic heterocycles. The van der Waals surface area contributed by atoms with Crippen LogP contribution in [0.2, 0.25) is 0 Å². The Balaban J connectivity index is 1.63. The van der Waals surface area contributed by atoms with Gasteiger partial charge >= 0.3 is 0 Å². The zero-order valence-electron chi connectivity index (χ0n) is 18.5. The Morgan fingerprint density at radius 1 is 0.938 bits per heavy atom. The van der Waals surface area contributed by atoms with E-state index in [1.165, 1.54) is 0 Å². The molecule has 0 bridgehead atoms. The fraction of sp³-hybridized carbons (Fsp3) is 0.240. The van der Waals surface area contributed by atoms with Gasteiger partial charge in [0.05, 0.1) is 6.54 Å². The minimum atomic E-state index is 0.583. The molecule has 0 saturated carbocycles. The summed E-state index contributed by atoms with van der Waals surface area (Å²) in [5.41, 5.74) is 8.38. The van der Waals surface area contributed by atoms with Gasteiger partial charge in [-0.05, 0) is 59.9 Å². The van der Waals surface area contributed by atoms with Gasteiger partial charge in [-0.25, -0.2) is 9.97 Å². The average Bonchev–Trinajstić information content (AvgIpc) is 3.44. The minimum absolute atomic E-state index is 0.583. The average molecular weight is 424 g/mol. The Labute approximate surface area is 186 Å². The van der Waals surface area contributed by atoms with Crippen molar-refractivity contribution in [2.75, 3.05) is 0 Å². The Morgan fingerprint density at radius 3 is 2.53 bits per heavy atom. The summed E-state index contributed by atoms with van der Waals surface area (Å²) in [6, 6.07) is 18.8. The molecule has 0 aliphatic carbocycles. The number of fused-ring (bicyclic) bond motifs is 1. The lowest BCUT2D eigenvalue weighted by Crippen LogP contribution is -2.07. The van der Waals surface area contributed by atoms with Crippen LogP contribution < -0.4 is 0 Å². The number of aromatic amines is 1. The molecule has 0 amide bonds. The normalized spacial score (nSPS) is 11.3. The maximum absolute atomic E-state index is 4.94. The molecular weight excluding hydrogens is 398 g/mol. The molecule has 0 aliphatic rings. The number of imidazole rings is 1. The van der Waals surface area contributed by atoms with Crippen LogP contribution in [-0.4, -0.2) is 35.2 Å². The maximum Gasteiger partial charge on any atom is 0.205 e. The molecule has 7 heteroatoms. The molecule has 0 atom stereocenters. The van der Waals surface area contributed by atoms with Crippen molar-refractivity contribution in [3.05, 3.63) is 77.2 Å². The topological polar surface area (TPSA) is 85.2 Å². The number of pyridine rings is 1. The van der Waals surface area contributed by atoms with Crippen LogP contribution in [0.15, 0.2) is 54.6 Å². The van der Waals surface area contributed by atoms with Crippen LogP contribution in [0.1, 0.15) is 36.0 Å². The quantitative estimate of drug-likeness (QED) is 0.420. The van der Waals surface area contributed by atoms with E-state index in [1.54, 1.807) is 0 Å². The third-order valence-corrected chi connectivity index (χ3v) is 5.67. The van der Waals surface area contributed by atoms with Crippen LogP contribution in [0.25, 0.3) is 33.7 Å². The highest BCUT2D eigenvalue weighted by atomic mass is 15.5. The van der Waals surface area contributed by atoms with E-state index in [0.717, 1.165) is 63.3 Å². The summed E-state index contributed by atoms with van der Waals surface area (Å²) in [5, 5.41) is 14.9. The summed E-state index contributed by atoms with van der Waals surface area (Å²) in [6.07, 6.45) is 1.94. The number of H-pyrrole nitrogens is 1. The molecule has 2 aromatic carbocycles. The van der Waals surface area contributed by atoms with Gasteiger partial charge in [-0.3, -0.25) is 0 Å². The van der Waals surface area contributed by atoms with Crippen molar-refractivity contribution in [2.24, 2.45) is 0 Å². The van der Waals surface area contributed by atoms with E-state index in [-0.39, 0.29) is 0 Å². The highest BCUT2D eigenvalue weighted by Crippen LogP contribution is 2.31. The summed E-state index contributed by atoms with van der Waals surface area (Å²) in [6.45, 7) is 7.00. The summed E-state index contributed by atoms with van der Waals surface area (Å²) < 4.78 is 2.25. The Hall–Kier alpha value is -3.87. The lowest BCUT2D eigenvalue weighted by molar-refractivity contribution is 0.716. The number of benzene rings is 2. The minimum Gasteiger partial charge on any atom is -0.308 e. The molecule has 5 rings (SSSR count). The molecule has 7 nitrogen and oxygen atoms in total. The van der Waals surface area contributed by atoms with Gasteiger partial charge in [-0.1, -0.05) is 49.4 Å². The molecule has 0 saturated heterocycles. The second kappa shape index (κ2) is 8.34. The number of hydrogen-bond acceptors (Lipinski definition) is 5. The van der Waals surface area contributed by atoms with Gasteiger partial charge in [0.1, 0.15) is 11.3 Å². The molecule has 3 aromatic heterocycles. The summed E-state index contributed by atoms with van der Waals surface area (Å²) in [5.74, 6) is 1.65. The maximum atomic E-state index is 4.94. The third kappa shape index (κ3) is 3.66. The summed E-state index contributed by atoms with van der Waals surface area (Å²) in [4.78, 5) is 9.77. The number of hydrogen-bond donors (Lipinski definition) is 1. The number of aryl methyl sites for hydroxylation is 3. The third-order valence-electron chi connectivity index (χ3n) is 5.67.